The predicted octanol–water partition coefficient (Wildman–Crippen LogP) is -0.336. The Morgan fingerprint density at radius 2 is 2.46 bits per heavy atom. The molecule has 0 atom stereocenters. The second-order valence-electron chi connectivity index (χ2n) is 2.68. The topological polar surface area (TPSA) is 85.4 Å². The fourth-order valence-electron chi connectivity index (χ4n) is 1.04. The van der Waals surface area contributed by atoms with E-state index in [9.17, 15) is 0 Å². The Kier molecular flexibility index (Phi) is 1.82. The molecule has 0 fully saturated rings. The number of hydrogen-bond donors (Lipinski definition) is 2. The number of aryl methyl sites for hydroxylation is 1. The van der Waals surface area contributed by atoms with Crippen LogP contribution in [0.1, 0.15) is 5.82 Å². The molecule has 0 spiro atoms. The number of nitrogens with two attached hydrogens (primary N) is 1. The molecule has 3 N–H and O–H groups in total. The summed E-state index contributed by atoms with van der Waals surface area (Å²) in [4.78, 5) is 4.14. The standard InChI is InChI=1S/C7H10N6/c1-13-3-2-5(12-13)7-9-6(4-8)10-11-7/h2-3H,4,8H2,1H3,(H,9,10,11). The number of nitrogens with one attached hydrogen (secondary N) is 1. The van der Waals surface area contributed by atoms with Crippen molar-refractivity contribution >= 4 is 0 Å². The molecule has 6 heteroatoms. The molecule has 0 saturated heterocycles. The van der Waals surface area contributed by atoms with Crippen LogP contribution in [0.25, 0.3) is 11.5 Å². The molecule has 2 rings (SSSR count). The van der Waals surface area contributed by atoms with E-state index in [4.69, 9.17) is 5.73 Å². The van der Waals surface area contributed by atoms with Crippen LogP contribution in [0, 0.1) is 0 Å². The monoisotopic (exact) mass is 178 g/mol. The van der Waals surface area contributed by atoms with Crippen LogP contribution in [-0.2, 0) is 13.6 Å². The Labute approximate surface area is 74.8 Å². The van der Waals surface area contributed by atoms with Gasteiger partial charge < -0.3 is 5.73 Å². The van der Waals surface area contributed by atoms with E-state index in [1.807, 2.05) is 19.3 Å². The molecule has 2 heterocycles. The smallest absolute Gasteiger partial charge is 0.201 e. The Morgan fingerprint density at radius 1 is 1.62 bits per heavy atom. The Balaban J connectivity index is 2.35. The number of hydrogen-bond acceptors (Lipinski definition) is 4. The van der Waals surface area contributed by atoms with Crippen LogP contribution < -0.4 is 5.73 Å². The van der Waals surface area contributed by atoms with Gasteiger partial charge in [-0.2, -0.15) is 10.2 Å². The molecule has 0 saturated carbocycles. The third-order valence-corrected chi connectivity index (χ3v) is 1.67. The highest BCUT2D eigenvalue weighted by Gasteiger charge is 2.06. The van der Waals surface area contributed by atoms with Crippen LogP contribution in [-0.4, -0.2) is 25.0 Å². The van der Waals surface area contributed by atoms with Gasteiger partial charge in [0.15, 0.2) is 0 Å². The number of aromatic nitrogens is 5. The van der Waals surface area contributed by atoms with Gasteiger partial charge in [0.2, 0.25) is 5.82 Å². The van der Waals surface area contributed by atoms with Crippen LogP contribution >= 0.6 is 0 Å². The fraction of sp³-hybridized carbons (Fsp3) is 0.286. The van der Waals surface area contributed by atoms with Gasteiger partial charge in [0.1, 0.15) is 11.5 Å². The van der Waals surface area contributed by atoms with E-state index in [0.29, 0.717) is 18.2 Å². The van der Waals surface area contributed by atoms with Crippen LogP contribution in [0.3, 0.4) is 0 Å². The average molecular weight is 178 g/mol. The van der Waals surface area contributed by atoms with Crippen LogP contribution in [0.4, 0.5) is 0 Å². The minimum Gasteiger partial charge on any atom is -0.324 e. The van der Waals surface area contributed by atoms with E-state index in [1.54, 1.807) is 4.68 Å². The number of aromatic amines is 1. The maximum absolute atomic E-state index is 5.39. The molecule has 0 bridgehead atoms. The van der Waals surface area contributed by atoms with Crippen molar-refractivity contribution in [1.29, 1.82) is 0 Å². The lowest BCUT2D eigenvalue weighted by Gasteiger charge is -1.85. The Morgan fingerprint density at radius 3 is 3.00 bits per heavy atom. The maximum Gasteiger partial charge on any atom is 0.201 e. The molecular weight excluding hydrogens is 168 g/mol. The highest BCUT2D eigenvalue weighted by molar-refractivity contribution is 5.46. The minimum absolute atomic E-state index is 0.361. The SMILES string of the molecule is Cn1ccc(-c2n[nH]c(CN)n2)n1. The van der Waals surface area contributed by atoms with Crippen molar-refractivity contribution < 1.29 is 0 Å². The highest BCUT2D eigenvalue weighted by atomic mass is 15.3. The maximum atomic E-state index is 5.39. The quantitative estimate of drug-likeness (QED) is 0.659. The van der Waals surface area contributed by atoms with Crippen molar-refractivity contribution in [3.8, 4) is 11.5 Å². The van der Waals surface area contributed by atoms with Crippen molar-refractivity contribution in [3.63, 3.8) is 0 Å². The first-order valence-electron chi connectivity index (χ1n) is 3.91. The molecule has 0 aliphatic heterocycles. The van der Waals surface area contributed by atoms with Crippen molar-refractivity contribution in [1.82, 2.24) is 25.0 Å². The molecule has 0 amide bonds. The zero-order valence-corrected chi connectivity index (χ0v) is 7.23. The summed E-state index contributed by atoms with van der Waals surface area (Å²) in [6.07, 6.45) is 1.84. The zero-order chi connectivity index (χ0) is 9.26. The minimum atomic E-state index is 0.361. The van der Waals surface area contributed by atoms with Crippen LogP contribution in [0.5, 0.6) is 0 Å². The molecule has 13 heavy (non-hydrogen) atoms. The van der Waals surface area contributed by atoms with E-state index in [1.165, 1.54) is 0 Å². The highest BCUT2D eigenvalue weighted by Crippen LogP contribution is 2.09. The van der Waals surface area contributed by atoms with Crippen molar-refractivity contribution in [2.24, 2.45) is 12.8 Å². The third-order valence-electron chi connectivity index (χ3n) is 1.67. The fourth-order valence-corrected chi connectivity index (χ4v) is 1.04. The largest absolute Gasteiger partial charge is 0.324 e. The van der Waals surface area contributed by atoms with Gasteiger partial charge >= 0.3 is 0 Å². The molecule has 0 aromatic carbocycles. The molecule has 68 valence electrons. The van der Waals surface area contributed by atoms with Gasteiger partial charge in [-0.15, -0.1) is 0 Å². The summed E-state index contributed by atoms with van der Waals surface area (Å²) in [7, 11) is 1.85. The van der Waals surface area contributed by atoms with Gasteiger partial charge in [0.05, 0.1) is 6.54 Å². The van der Waals surface area contributed by atoms with Crippen LogP contribution in [0.2, 0.25) is 0 Å². The number of rotatable bonds is 2. The summed E-state index contributed by atoms with van der Waals surface area (Å²) in [5, 5.41) is 10.9. The molecule has 6 nitrogen and oxygen atoms in total. The Bertz CT molecular complexity index is 401. The summed E-state index contributed by atoms with van der Waals surface area (Å²) in [5.74, 6) is 1.25. The predicted molar refractivity (Wildman–Crippen MR) is 46.5 cm³/mol. The van der Waals surface area contributed by atoms with E-state index in [0.717, 1.165) is 5.69 Å². The van der Waals surface area contributed by atoms with Gasteiger partial charge in [0, 0.05) is 13.2 Å². The summed E-state index contributed by atoms with van der Waals surface area (Å²) in [5.41, 5.74) is 6.14. The average Bonchev–Trinajstić information content (AvgIpc) is 2.71. The zero-order valence-electron chi connectivity index (χ0n) is 7.23. The van der Waals surface area contributed by atoms with E-state index >= 15 is 0 Å². The van der Waals surface area contributed by atoms with Crippen LogP contribution in [0.15, 0.2) is 12.3 Å². The van der Waals surface area contributed by atoms with Gasteiger partial charge in [-0.3, -0.25) is 9.78 Å². The summed E-state index contributed by atoms with van der Waals surface area (Å²) < 4.78 is 1.70. The number of H-pyrrole nitrogens is 1. The van der Waals surface area contributed by atoms with Gasteiger partial charge in [-0.05, 0) is 6.07 Å². The van der Waals surface area contributed by atoms with E-state index < -0.39 is 0 Å². The molecule has 0 unspecified atom stereocenters. The van der Waals surface area contributed by atoms with E-state index in [-0.39, 0.29) is 0 Å². The molecule has 2 aromatic heterocycles. The first kappa shape index (κ1) is 7.93. The third kappa shape index (κ3) is 1.43. The molecule has 0 aliphatic rings. The molecule has 0 radical (unpaired) electrons. The Hall–Kier alpha value is -1.69. The molecule has 0 aliphatic carbocycles. The first-order valence-corrected chi connectivity index (χ1v) is 3.91. The van der Waals surface area contributed by atoms with Crippen molar-refractivity contribution in [2.45, 2.75) is 6.54 Å². The van der Waals surface area contributed by atoms with Gasteiger partial charge in [-0.25, -0.2) is 4.98 Å². The lowest BCUT2D eigenvalue weighted by Crippen LogP contribution is -1.98. The van der Waals surface area contributed by atoms with E-state index in [2.05, 4.69) is 20.3 Å². The lowest BCUT2D eigenvalue weighted by molar-refractivity contribution is 0.769. The normalized spacial score (nSPS) is 10.6. The first-order chi connectivity index (χ1) is 6.29. The molecular formula is C7H10N6. The summed E-state index contributed by atoms with van der Waals surface area (Å²) in [6, 6.07) is 1.85. The summed E-state index contributed by atoms with van der Waals surface area (Å²) >= 11 is 0. The van der Waals surface area contributed by atoms with Crippen molar-refractivity contribution in [2.75, 3.05) is 0 Å². The second kappa shape index (κ2) is 2.98. The second-order valence-corrected chi connectivity index (χ2v) is 2.68. The van der Waals surface area contributed by atoms with Gasteiger partial charge in [-0.1, -0.05) is 0 Å². The molecule has 2 aromatic rings. The number of nitrogens with zero attached hydrogens (tertiary/aromatic N) is 4. The van der Waals surface area contributed by atoms with Gasteiger partial charge in [0.25, 0.3) is 0 Å². The lowest BCUT2D eigenvalue weighted by atomic mass is 10.4. The summed E-state index contributed by atoms with van der Waals surface area (Å²) in [6.45, 7) is 0.361. The van der Waals surface area contributed by atoms with Crippen molar-refractivity contribution in [3.05, 3.63) is 18.1 Å².